The van der Waals surface area contributed by atoms with Crippen molar-refractivity contribution in [3.63, 3.8) is 0 Å². The molecule has 0 fully saturated rings. The Kier molecular flexibility index (Phi) is 5.75. The van der Waals surface area contributed by atoms with Gasteiger partial charge < -0.3 is 5.32 Å². The molecule has 0 heterocycles. The van der Waals surface area contributed by atoms with Crippen molar-refractivity contribution in [1.82, 2.24) is 0 Å². The zero-order chi connectivity index (χ0) is 16.1. The predicted octanol–water partition coefficient (Wildman–Crippen LogP) is 5.07. The molecular formula is C17H15BrClNO2. The third-order valence-electron chi connectivity index (χ3n) is 3.10. The van der Waals surface area contributed by atoms with E-state index in [9.17, 15) is 9.59 Å². The molecular weight excluding hydrogens is 366 g/mol. The molecule has 0 spiro atoms. The summed E-state index contributed by atoms with van der Waals surface area (Å²) in [6.07, 6.45) is 1.16. The van der Waals surface area contributed by atoms with Crippen molar-refractivity contribution in [2.45, 2.75) is 19.8 Å². The molecule has 1 amide bonds. The van der Waals surface area contributed by atoms with Crippen LogP contribution in [0.2, 0.25) is 5.02 Å². The molecule has 0 saturated carbocycles. The van der Waals surface area contributed by atoms with Crippen molar-refractivity contribution in [2.75, 3.05) is 5.32 Å². The van der Waals surface area contributed by atoms with Crippen LogP contribution in [0.5, 0.6) is 0 Å². The quantitative estimate of drug-likeness (QED) is 0.736. The van der Waals surface area contributed by atoms with Gasteiger partial charge in [0.25, 0.3) is 0 Å². The van der Waals surface area contributed by atoms with Crippen molar-refractivity contribution in [1.29, 1.82) is 0 Å². The number of benzene rings is 2. The van der Waals surface area contributed by atoms with Gasteiger partial charge in [0.1, 0.15) is 0 Å². The number of amides is 1. The molecule has 0 bridgehead atoms. The van der Waals surface area contributed by atoms with Crippen LogP contribution in [0.4, 0.5) is 5.69 Å². The smallest absolute Gasteiger partial charge is 0.224 e. The fraction of sp³-hybridized carbons (Fsp3) is 0.176. The summed E-state index contributed by atoms with van der Waals surface area (Å²) in [5.74, 6) is -0.336. The van der Waals surface area contributed by atoms with Crippen LogP contribution in [0, 0.1) is 0 Å². The van der Waals surface area contributed by atoms with Crippen molar-refractivity contribution in [2.24, 2.45) is 0 Å². The summed E-state index contributed by atoms with van der Waals surface area (Å²) in [6, 6.07) is 12.0. The monoisotopic (exact) mass is 379 g/mol. The summed E-state index contributed by atoms with van der Waals surface area (Å²) in [5.41, 5.74) is 1.31. The minimum absolute atomic E-state index is 0.113. The highest BCUT2D eigenvalue weighted by Gasteiger charge is 2.17. The fourth-order valence-electron chi connectivity index (χ4n) is 2.04. The molecule has 0 aliphatic rings. The maximum absolute atomic E-state index is 12.7. The Morgan fingerprint density at radius 3 is 2.55 bits per heavy atom. The average Bonchev–Trinajstić information content (AvgIpc) is 2.49. The van der Waals surface area contributed by atoms with E-state index >= 15 is 0 Å². The van der Waals surface area contributed by atoms with Gasteiger partial charge in [-0.05, 0) is 36.8 Å². The lowest BCUT2D eigenvalue weighted by molar-refractivity contribution is -0.116. The van der Waals surface area contributed by atoms with Gasteiger partial charge in [-0.25, -0.2) is 0 Å². The Bertz CT molecular complexity index is 716. The van der Waals surface area contributed by atoms with Crippen LogP contribution in [0.25, 0.3) is 0 Å². The van der Waals surface area contributed by atoms with Crippen molar-refractivity contribution in [3.05, 3.63) is 63.1 Å². The lowest BCUT2D eigenvalue weighted by Crippen LogP contribution is -2.14. The first-order valence-corrected chi connectivity index (χ1v) is 8.08. The number of carbonyl (C=O) groups is 2. The fourth-order valence-corrected chi connectivity index (χ4v) is 2.63. The molecule has 2 aromatic rings. The van der Waals surface area contributed by atoms with Crippen LogP contribution in [-0.4, -0.2) is 11.7 Å². The Labute approximate surface area is 142 Å². The summed E-state index contributed by atoms with van der Waals surface area (Å²) in [6.45, 7) is 1.93. The van der Waals surface area contributed by atoms with Crippen LogP contribution in [0.1, 0.15) is 35.7 Å². The predicted molar refractivity (Wildman–Crippen MR) is 92.6 cm³/mol. The maximum atomic E-state index is 12.7. The molecule has 0 aromatic heterocycles. The second-order valence-corrected chi connectivity index (χ2v) is 6.12. The second-order valence-electron chi connectivity index (χ2n) is 4.80. The SMILES string of the molecule is CCCC(=O)Nc1ccc(Br)cc1C(=O)c1ccccc1Cl. The molecule has 22 heavy (non-hydrogen) atoms. The maximum Gasteiger partial charge on any atom is 0.224 e. The molecule has 0 atom stereocenters. The molecule has 5 heteroatoms. The normalized spacial score (nSPS) is 10.3. The highest BCUT2D eigenvalue weighted by Crippen LogP contribution is 2.26. The number of hydrogen-bond acceptors (Lipinski definition) is 2. The van der Waals surface area contributed by atoms with E-state index in [0.29, 0.717) is 28.3 Å². The topological polar surface area (TPSA) is 46.2 Å². The Hall–Kier alpha value is -1.65. The van der Waals surface area contributed by atoms with Gasteiger partial charge in [-0.3, -0.25) is 9.59 Å². The van der Waals surface area contributed by atoms with E-state index in [2.05, 4.69) is 21.2 Å². The number of carbonyl (C=O) groups excluding carboxylic acids is 2. The lowest BCUT2D eigenvalue weighted by atomic mass is 10.0. The Balaban J connectivity index is 2.41. The third kappa shape index (κ3) is 3.96. The van der Waals surface area contributed by atoms with Crippen molar-refractivity contribution >= 4 is 44.9 Å². The van der Waals surface area contributed by atoms with E-state index in [4.69, 9.17) is 11.6 Å². The molecule has 0 aliphatic carbocycles. The number of nitrogens with one attached hydrogen (secondary N) is 1. The molecule has 2 rings (SSSR count). The molecule has 1 N–H and O–H groups in total. The summed E-state index contributed by atoms with van der Waals surface area (Å²) in [4.78, 5) is 24.5. The highest BCUT2D eigenvalue weighted by atomic mass is 79.9. The van der Waals surface area contributed by atoms with E-state index in [-0.39, 0.29) is 11.7 Å². The molecule has 2 aromatic carbocycles. The third-order valence-corrected chi connectivity index (χ3v) is 3.92. The first-order valence-electron chi connectivity index (χ1n) is 6.91. The van der Waals surface area contributed by atoms with E-state index in [1.165, 1.54) is 0 Å². The van der Waals surface area contributed by atoms with E-state index in [1.807, 2.05) is 6.92 Å². The van der Waals surface area contributed by atoms with Crippen molar-refractivity contribution < 1.29 is 9.59 Å². The number of halogens is 2. The van der Waals surface area contributed by atoms with Gasteiger partial charge in [0, 0.05) is 22.0 Å². The standard InChI is InChI=1S/C17H15BrClNO2/c1-2-5-16(21)20-15-9-8-11(18)10-13(15)17(22)12-6-3-4-7-14(12)19/h3-4,6-10H,2,5H2,1H3,(H,20,21). The average molecular weight is 381 g/mol. The molecule has 114 valence electrons. The van der Waals surface area contributed by atoms with E-state index in [0.717, 1.165) is 10.9 Å². The largest absolute Gasteiger partial charge is 0.325 e. The second kappa shape index (κ2) is 7.56. The van der Waals surface area contributed by atoms with Gasteiger partial charge in [0.2, 0.25) is 5.91 Å². The zero-order valence-corrected chi connectivity index (χ0v) is 14.4. The molecule has 3 nitrogen and oxygen atoms in total. The van der Waals surface area contributed by atoms with E-state index < -0.39 is 0 Å². The van der Waals surface area contributed by atoms with Gasteiger partial charge in [-0.2, -0.15) is 0 Å². The Morgan fingerprint density at radius 2 is 1.86 bits per heavy atom. The number of anilines is 1. The van der Waals surface area contributed by atoms with Crippen LogP contribution in [-0.2, 0) is 4.79 Å². The Morgan fingerprint density at radius 1 is 1.14 bits per heavy atom. The van der Waals surface area contributed by atoms with Crippen LogP contribution >= 0.6 is 27.5 Å². The first-order chi connectivity index (χ1) is 10.5. The number of hydrogen-bond donors (Lipinski definition) is 1. The number of rotatable bonds is 5. The van der Waals surface area contributed by atoms with Crippen LogP contribution < -0.4 is 5.32 Å². The first kappa shape index (κ1) is 16.7. The zero-order valence-electron chi connectivity index (χ0n) is 12.0. The highest BCUT2D eigenvalue weighted by molar-refractivity contribution is 9.10. The minimum atomic E-state index is -0.223. The molecule has 0 radical (unpaired) electrons. The van der Waals surface area contributed by atoms with Crippen molar-refractivity contribution in [3.8, 4) is 0 Å². The lowest BCUT2D eigenvalue weighted by Gasteiger charge is -2.11. The van der Waals surface area contributed by atoms with E-state index in [1.54, 1.807) is 42.5 Å². The van der Waals surface area contributed by atoms with Gasteiger partial charge in [0.15, 0.2) is 5.78 Å². The molecule has 0 aliphatic heterocycles. The van der Waals surface area contributed by atoms with Crippen LogP contribution in [0.3, 0.4) is 0 Å². The van der Waals surface area contributed by atoms with Gasteiger partial charge in [0.05, 0.1) is 10.7 Å². The van der Waals surface area contributed by atoms with Gasteiger partial charge >= 0.3 is 0 Å². The number of ketones is 1. The van der Waals surface area contributed by atoms with Gasteiger partial charge in [-0.1, -0.05) is 46.6 Å². The summed E-state index contributed by atoms with van der Waals surface area (Å²) in [5, 5.41) is 3.17. The summed E-state index contributed by atoms with van der Waals surface area (Å²) >= 11 is 9.45. The summed E-state index contributed by atoms with van der Waals surface area (Å²) < 4.78 is 0.761. The minimum Gasteiger partial charge on any atom is -0.325 e. The summed E-state index contributed by atoms with van der Waals surface area (Å²) in [7, 11) is 0. The van der Waals surface area contributed by atoms with Crippen LogP contribution in [0.15, 0.2) is 46.9 Å². The molecule has 0 saturated heterocycles. The van der Waals surface area contributed by atoms with Gasteiger partial charge in [-0.15, -0.1) is 0 Å². The molecule has 0 unspecified atom stereocenters.